The second kappa shape index (κ2) is 8.24. The van der Waals surface area contributed by atoms with Crippen molar-refractivity contribution in [3.63, 3.8) is 0 Å². The van der Waals surface area contributed by atoms with Crippen LogP contribution in [0, 0.1) is 0 Å². The molecule has 144 valence electrons. The zero-order chi connectivity index (χ0) is 19.5. The molecule has 0 aliphatic heterocycles. The van der Waals surface area contributed by atoms with E-state index in [1.807, 2.05) is 26.0 Å². The van der Waals surface area contributed by atoms with Crippen LogP contribution in [0.3, 0.4) is 0 Å². The molecule has 0 radical (unpaired) electrons. The first-order chi connectivity index (χ1) is 11.3. The highest BCUT2D eigenvalue weighted by Gasteiger charge is 2.28. The van der Waals surface area contributed by atoms with Gasteiger partial charge in [-0.2, -0.15) is 0 Å². The molecule has 0 aliphatic carbocycles. The van der Waals surface area contributed by atoms with E-state index in [2.05, 4.69) is 41.5 Å². The highest BCUT2D eigenvalue weighted by atomic mass is 31.2. The molecule has 0 saturated carbocycles. The van der Waals surface area contributed by atoms with Crippen LogP contribution >= 0.6 is 7.60 Å². The molecule has 4 nitrogen and oxygen atoms in total. The Bertz CT molecular complexity index is 579. The minimum Gasteiger partial charge on any atom is -0.507 e. The Kier molecular flexibility index (Phi) is 7.32. The molecule has 5 heteroatoms. The molecule has 0 fully saturated rings. The number of phenols is 1. The van der Waals surface area contributed by atoms with Crippen LogP contribution in [0.15, 0.2) is 12.1 Å². The fourth-order valence-corrected chi connectivity index (χ4v) is 4.46. The lowest BCUT2D eigenvalue weighted by Crippen LogP contribution is -2.18. The van der Waals surface area contributed by atoms with Crippen LogP contribution in [-0.4, -0.2) is 24.5 Å². The van der Waals surface area contributed by atoms with Crippen molar-refractivity contribution in [3.8, 4) is 5.75 Å². The van der Waals surface area contributed by atoms with Gasteiger partial charge in [0.25, 0.3) is 0 Å². The van der Waals surface area contributed by atoms with E-state index in [1.54, 1.807) is 0 Å². The molecule has 0 amide bonds. The molecule has 0 bridgehead atoms. The Morgan fingerprint density at radius 1 is 0.920 bits per heavy atom. The summed E-state index contributed by atoms with van der Waals surface area (Å²) >= 11 is 0. The highest BCUT2D eigenvalue weighted by Crippen LogP contribution is 2.49. The fraction of sp³-hybridized carbons (Fsp3) is 0.700. The summed E-state index contributed by atoms with van der Waals surface area (Å²) in [6.45, 7) is 16.9. The standard InChI is InChI=1S/C20H35O4P/c1-9-23-25(22,24-10-2)12-11-15-13-16(19(3,4)5)18(21)17(14-15)20(6,7)8/h13-14,21H,9-12H2,1-8H3. The maximum atomic E-state index is 12.7. The van der Waals surface area contributed by atoms with E-state index in [1.165, 1.54) is 0 Å². The first-order valence-electron chi connectivity index (χ1n) is 9.09. The molecular weight excluding hydrogens is 335 g/mol. The number of aryl methyl sites for hydroxylation is 1. The Labute approximate surface area is 153 Å². The van der Waals surface area contributed by atoms with Crippen molar-refractivity contribution in [1.29, 1.82) is 0 Å². The van der Waals surface area contributed by atoms with Crippen LogP contribution in [0.5, 0.6) is 5.75 Å². The van der Waals surface area contributed by atoms with Gasteiger partial charge in [0.15, 0.2) is 0 Å². The first kappa shape index (κ1) is 22.2. The number of hydrogen-bond acceptors (Lipinski definition) is 4. The van der Waals surface area contributed by atoms with Crippen LogP contribution in [-0.2, 0) is 30.9 Å². The van der Waals surface area contributed by atoms with Crippen LogP contribution in [0.1, 0.15) is 72.1 Å². The molecule has 1 aromatic carbocycles. The third-order valence-electron chi connectivity index (χ3n) is 4.11. The van der Waals surface area contributed by atoms with Gasteiger partial charge >= 0.3 is 7.60 Å². The van der Waals surface area contributed by atoms with Gasteiger partial charge in [-0.15, -0.1) is 0 Å². The van der Waals surface area contributed by atoms with Crippen molar-refractivity contribution in [2.45, 2.75) is 72.6 Å². The van der Waals surface area contributed by atoms with Crippen LogP contribution in [0.4, 0.5) is 0 Å². The van der Waals surface area contributed by atoms with Crippen LogP contribution in [0.25, 0.3) is 0 Å². The van der Waals surface area contributed by atoms with E-state index in [0.29, 0.717) is 31.5 Å². The second-order valence-corrected chi connectivity index (χ2v) is 10.6. The maximum absolute atomic E-state index is 12.7. The Hall–Kier alpha value is -0.830. The Morgan fingerprint density at radius 3 is 1.64 bits per heavy atom. The summed E-state index contributed by atoms with van der Waals surface area (Å²) < 4.78 is 23.5. The van der Waals surface area contributed by atoms with Gasteiger partial charge in [-0.25, -0.2) is 0 Å². The van der Waals surface area contributed by atoms with Gasteiger partial charge in [-0.3, -0.25) is 4.57 Å². The van der Waals surface area contributed by atoms with Gasteiger partial charge in [0, 0.05) is 0 Å². The van der Waals surface area contributed by atoms with E-state index in [0.717, 1.165) is 16.7 Å². The molecule has 0 heterocycles. The second-order valence-electron chi connectivity index (χ2n) is 8.46. The fourth-order valence-electron chi connectivity index (χ4n) is 2.81. The lowest BCUT2D eigenvalue weighted by Gasteiger charge is -2.28. The molecule has 0 aliphatic rings. The minimum atomic E-state index is -3.07. The minimum absolute atomic E-state index is 0.177. The molecular formula is C20H35O4P. The van der Waals surface area contributed by atoms with Crippen molar-refractivity contribution in [2.24, 2.45) is 0 Å². The molecule has 0 spiro atoms. The topological polar surface area (TPSA) is 55.8 Å². The number of aromatic hydroxyl groups is 1. The van der Waals surface area contributed by atoms with Crippen molar-refractivity contribution in [2.75, 3.05) is 19.4 Å². The predicted molar refractivity (Wildman–Crippen MR) is 105 cm³/mol. The highest BCUT2D eigenvalue weighted by molar-refractivity contribution is 7.53. The van der Waals surface area contributed by atoms with Gasteiger partial charge in [-0.05, 0) is 47.8 Å². The SMILES string of the molecule is CCOP(=O)(CCc1cc(C(C)(C)C)c(O)c(C(C)(C)C)c1)OCC. The van der Waals surface area contributed by atoms with Crippen molar-refractivity contribution in [3.05, 3.63) is 28.8 Å². The van der Waals surface area contributed by atoms with Gasteiger partial charge in [-0.1, -0.05) is 53.7 Å². The maximum Gasteiger partial charge on any atom is 0.330 e. The summed E-state index contributed by atoms with van der Waals surface area (Å²) in [4.78, 5) is 0. The molecule has 0 unspecified atom stereocenters. The summed E-state index contributed by atoms with van der Waals surface area (Å²) in [5.74, 6) is 0.363. The predicted octanol–water partition coefficient (Wildman–Crippen LogP) is 5.80. The summed E-state index contributed by atoms with van der Waals surface area (Å²) in [5, 5.41) is 10.8. The van der Waals surface area contributed by atoms with Crippen LogP contribution in [0.2, 0.25) is 0 Å². The van der Waals surface area contributed by atoms with Gasteiger partial charge in [0.2, 0.25) is 0 Å². The Morgan fingerprint density at radius 2 is 1.32 bits per heavy atom. The van der Waals surface area contributed by atoms with E-state index in [-0.39, 0.29) is 10.8 Å². The zero-order valence-electron chi connectivity index (χ0n) is 17.1. The molecule has 25 heavy (non-hydrogen) atoms. The van der Waals surface area contributed by atoms with Crippen molar-refractivity contribution >= 4 is 7.60 Å². The number of benzene rings is 1. The third kappa shape index (κ3) is 6.13. The number of rotatable bonds is 7. The van der Waals surface area contributed by atoms with E-state index >= 15 is 0 Å². The summed E-state index contributed by atoms with van der Waals surface area (Å²) in [6.07, 6.45) is 0.927. The molecule has 0 atom stereocenters. The van der Waals surface area contributed by atoms with Crippen molar-refractivity contribution < 1.29 is 18.7 Å². The average Bonchev–Trinajstić information content (AvgIpc) is 2.44. The molecule has 0 saturated heterocycles. The largest absolute Gasteiger partial charge is 0.507 e. The quantitative estimate of drug-likeness (QED) is 0.617. The zero-order valence-corrected chi connectivity index (χ0v) is 18.0. The molecule has 1 aromatic rings. The van der Waals surface area contributed by atoms with Gasteiger partial charge in [0.1, 0.15) is 5.75 Å². The van der Waals surface area contributed by atoms with E-state index in [9.17, 15) is 9.67 Å². The Balaban J connectivity index is 3.26. The third-order valence-corrected chi connectivity index (χ3v) is 6.19. The lowest BCUT2D eigenvalue weighted by atomic mass is 9.78. The molecule has 1 rings (SSSR count). The number of hydrogen-bond donors (Lipinski definition) is 1. The molecule has 0 aromatic heterocycles. The smallest absolute Gasteiger partial charge is 0.330 e. The van der Waals surface area contributed by atoms with Crippen molar-refractivity contribution in [1.82, 2.24) is 0 Å². The van der Waals surface area contributed by atoms with E-state index in [4.69, 9.17) is 9.05 Å². The summed E-state index contributed by atoms with van der Waals surface area (Å²) in [5.41, 5.74) is 2.52. The van der Waals surface area contributed by atoms with E-state index < -0.39 is 7.60 Å². The normalized spacial score (nSPS) is 13.3. The van der Waals surface area contributed by atoms with Gasteiger partial charge < -0.3 is 14.2 Å². The summed E-state index contributed by atoms with van der Waals surface area (Å²) in [7, 11) is -3.07. The van der Waals surface area contributed by atoms with Crippen LogP contribution < -0.4 is 0 Å². The first-order valence-corrected chi connectivity index (χ1v) is 10.8. The molecule has 1 N–H and O–H groups in total. The van der Waals surface area contributed by atoms with Gasteiger partial charge in [0.05, 0.1) is 19.4 Å². The monoisotopic (exact) mass is 370 g/mol. The summed E-state index contributed by atoms with van der Waals surface area (Å²) in [6, 6.07) is 4.04. The number of phenolic OH excluding ortho intramolecular Hbond substituents is 1. The average molecular weight is 370 g/mol. The lowest BCUT2D eigenvalue weighted by molar-refractivity contribution is 0.220.